The van der Waals surface area contributed by atoms with E-state index in [1.165, 1.54) is 11.3 Å². The second kappa shape index (κ2) is 5.54. The molecule has 5 nitrogen and oxygen atoms in total. The molecular formula is C14H19N5S. The molecule has 106 valence electrons. The first-order valence-electron chi connectivity index (χ1n) is 6.79. The van der Waals surface area contributed by atoms with Gasteiger partial charge >= 0.3 is 0 Å². The minimum absolute atomic E-state index is 0.860. The maximum Gasteiger partial charge on any atom is 0.187 e. The summed E-state index contributed by atoms with van der Waals surface area (Å²) in [5.74, 6) is 1.05. The Bertz CT molecular complexity index is 603. The lowest BCUT2D eigenvalue weighted by atomic mass is 10.1. The highest BCUT2D eigenvalue weighted by molar-refractivity contribution is 7.98. The first-order valence-corrected chi connectivity index (χ1v) is 8.01. The monoisotopic (exact) mass is 289 g/mol. The highest BCUT2D eigenvalue weighted by atomic mass is 32.2. The number of rotatable bonds is 3. The Morgan fingerprint density at radius 1 is 1.35 bits per heavy atom. The van der Waals surface area contributed by atoms with Gasteiger partial charge in [0.05, 0.1) is 17.9 Å². The number of nitrogens with one attached hydrogen (secondary N) is 1. The van der Waals surface area contributed by atoms with Gasteiger partial charge < -0.3 is 4.98 Å². The van der Waals surface area contributed by atoms with Gasteiger partial charge in [-0.15, -0.1) is 0 Å². The van der Waals surface area contributed by atoms with Gasteiger partial charge in [0.15, 0.2) is 5.16 Å². The van der Waals surface area contributed by atoms with Gasteiger partial charge in [0.1, 0.15) is 5.82 Å². The maximum absolute atomic E-state index is 4.59. The predicted molar refractivity (Wildman–Crippen MR) is 79.7 cm³/mol. The molecule has 1 aliphatic rings. The molecule has 20 heavy (non-hydrogen) atoms. The fraction of sp³-hybridized carbons (Fsp3) is 0.500. The molecule has 0 bridgehead atoms. The van der Waals surface area contributed by atoms with Crippen LogP contribution in [0, 0.1) is 13.8 Å². The number of aromatic nitrogens is 4. The van der Waals surface area contributed by atoms with Crippen molar-refractivity contribution in [3.05, 3.63) is 34.7 Å². The summed E-state index contributed by atoms with van der Waals surface area (Å²) in [6.07, 6.45) is 4.97. The lowest BCUT2D eigenvalue weighted by Crippen LogP contribution is -2.31. The molecular weight excluding hydrogens is 270 g/mol. The lowest BCUT2D eigenvalue weighted by molar-refractivity contribution is 0.236. The molecule has 0 atom stereocenters. The van der Waals surface area contributed by atoms with Crippen LogP contribution in [0.1, 0.15) is 28.5 Å². The van der Waals surface area contributed by atoms with E-state index in [9.17, 15) is 0 Å². The molecule has 0 unspecified atom stereocenters. The molecule has 0 spiro atoms. The van der Waals surface area contributed by atoms with Gasteiger partial charge in [-0.1, -0.05) is 11.8 Å². The first-order chi connectivity index (χ1) is 9.65. The zero-order valence-electron chi connectivity index (χ0n) is 12.1. The Morgan fingerprint density at radius 3 is 2.90 bits per heavy atom. The number of hydrogen-bond acceptors (Lipinski definition) is 5. The van der Waals surface area contributed by atoms with E-state index in [-0.39, 0.29) is 0 Å². The molecule has 2 aromatic heterocycles. The van der Waals surface area contributed by atoms with Crippen molar-refractivity contribution in [2.45, 2.75) is 38.5 Å². The quantitative estimate of drug-likeness (QED) is 0.692. The highest BCUT2D eigenvalue weighted by Crippen LogP contribution is 2.20. The summed E-state index contributed by atoms with van der Waals surface area (Å²) < 4.78 is 0. The van der Waals surface area contributed by atoms with E-state index in [1.54, 1.807) is 11.8 Å². The highest BCUT2D eigenvalue weighted by Gasteiger charge is 2.19. The number of aromatic amines is 1. The van der Waals surface area contributed by atoms with Crippen molar-refractivity contribution in [3.63, 3.8) is 0 Å². The van der Waals surface area contributed by atoms with Crippen molar-refractivity contribution >= 4 is 11.8 Å². The Labute approximate surface area is 123 Å². The number of nitrogens with zero attached hydrogens (tertiary/aromatic N) is 4. The smallest absolute Gasteiger partial charge is 0.187 e. The average Bonchev–Trinajstić information content (AvgIpc) is 2.76. The van der Waals surface area contributed by atoms with Gasteiger partial charge in [-0.25, -0.2) is 15.0 Å². The summed E-state index contributed by atoms with van der Waals surface area (Å²) in [4.78, 5) is 19.3. The van der Waals surface area contributed by atoms with Gasteiger partial charge in [0, 0.05) is 37.0 Å². The van der Waals surface area contributed by atoms with Crippen LogP contribution in [0.25, 0.3) is 0 Å². The van der Waals surface area contributed by atoms with Crippen molar-refractivity contribution in [1.29, 1.82) is 0 Å². The second-order valence-electron chi connectivity index (χ2n) is 5.18. The summed E-state index contributed by atoms with van der Waals surface area (Å²) in [6, 6.07) is 0. The van der Waals surface area contributed by atoms with Gasteiger partial charge in [-0.2, -0.15) is 0 Å². The van der Waals surface area contributed by atoms with Crippen LogP contribution in [0.15, 0.2) is 11.4 Å². The van der Waals surface area contributed by atoms with E-state index in [0.29, 0.717) is 0 Å². The SMILES string of the molecule is CSc1ncc2c(n1)CCN(Cc1nc(C)c(C)[nH]1)C2. The van der Waals surface area contributed by atoms with Crippen molar-refractivity contribution < 1.29 is 0 Å². The van der Waals surface area contributed by atoms with E-state index < -0.39 is 0 Å². The molecule has 0 aliphatic carbocycles. The Balaban J connectivity index is 1.72. The fourth-order valence-electron chi connectivity index (χ4n) is 2.50. The number of H-pyrrole nitrogens is 1. The van der Waals surface area contributed by atoms with Crippen molar-refractivity contribution in [2.24, 2.45) is 0 Å². The second-order valence-corrected chi connectivity index (χ2v) is 5.96. The third kappa shape index (κ3) is 2.71. The van der Waals surface area contributed by atoms with Crippen molar-refractivity contribution in [1.82, 2.24) is 24.8 Å². The summed E-state index contributed by atoms with van der Waals surface area (Å²) in [7, 11) is 0. The van der Waals surface area contributed by atoms with E-state index >= 15 is 0 Å². The van der Waals surface area contributed by atoms with Crippen molar-refractivity contribution in [2.75, 3.05) is 12.8 Å². The van der Waals surface area contributed by atoms with Crippen LogP contribution < -0.4 is 0 Å². The maximum atomic E-state index is 4.59. The minimum atomic E-state index is 0.860. The zero-order valence-corrected chi connectivity index (χ0v) is 12.9. The molecule has 0 saturated carbocycles. The number of aryl methyl sites for hydroxylation is 2. The van der Waals surface area contributed by atoms with Crippen LogP contribution in [-0.2, 0) is 19.5 Å². The van der Waals surface area contributed by atoms with E-state index in [0.717, 1.165) is 48.4 Å². The van der Waals surface area contributed by atoms with Gasteiger partial charge in [-0.05, 0) is 20.1 Å². The molecule has 1 aliphatic heterocycles. The third-order valence-corrected chi connectivity index (χ3v) is 4.29. The molecule has 2 aromatic rings. The minimum Gasteiger partial charge on any atom is -0.345 e. The molecule has 0 amide bonds. The standard InChI is InChI=1S/C14H19N5S/c1-9-10(2)17-13(16-9)8-19-5-4-12-11(7-19)6-15-14(18-12)20-3/h6H,4-5,7-8H2,1-3H3,(H,16,17). The summed E-state index contributed by atoms with van der Waals surface area (Å²) in [5, 5.41) is 0.870. The van der Waals surface area contributed by atoms with Crippen LogP contribution in [0.3, 0.4) is 0 Å². The Kier molecular flexibility index (Phi) is 3.76. The number of fused-ring (bicyclic) bond motifs is 1. The molecule has 1 N–H and O–H groups in total. The van der Waals surface area contributed by atoms with Crippen LogP contribution in [0.5, 0.6) is 0 Å². The first kappa shape index (κ1) is 13.6. The number of imidazole rings is 1. The number of hydrogen-bond donors (Lipinski definition) is 1. The molecule has 0 radical (unpaired) electrons. The average molecular weight is 289 g/mol. The van der Waals surface area contributed by atoms with Gasteiger partial charge in [-0.3, -0.25) is 4.90 Å². The molecule has 3 heterocycles. The largest absolute Gasteiger partial charge is 0.345 e. The molecule has 0 saturated heterocycles. The van der Waals surface area contributed by atoms with Crippen molar-refractivity contribution in [3.8, 4) is 0 Å². The van der Waals surface area contributed by atoms with E-state index in [1.807, 2.05) is 19.4 Å². The molecule has 6 heteroatoms. The van der Waals surface area contributed by atoms with Crippen LogP contribution in [0.2, 0.25) is 0 Å². The van der Waals surface area contributed by atoms with Gasteiger partial charge in [0.25, 0.3) is 0 Å². The lowest BCUT2D eigenvalue weighted by Gasteiger charge is -2.27. The van der Waals surface area contributed by atoms with E-state index in [4.69, 9.17) is 0 Å². The predicted octanol–water partition coefficient (Wildman–Crippen LogP) is 2.10. The van der Waals surface area contributed by atoms with Crippen LogP contribution in [-0.4, -0.2) is 37.6 Å². The number of thioether (sulfide) groups is 1. The molecule has 0 fully saturated rings. The van der Waals surface area contributed by atoms with Crippen LogP contribution in [0.4, 0.5) is 0 Å². The normalized spacial score (nSPS) is 15.3. The third-order valence-electron chi connectivity index (χ3n) is 3.72. The summed E-state index contributed by atoms with van der Waals surface area (Å²) in [5.41, 5.74) is 4.69. The Morgan fingerprint density at radius 2 is 2.20 bits per heavy atom. The van der Waals surface area contributed by atoms with Gasteiger partial charge in [0.2, 0.25) is 0 Å². The molecule has 0 aromatic carbocycles. The van der Waals surface area contributed by atoms with Crippen LogP contribution >= 0.6 is 11.8 Å². The summed E-state index contributed by atoms with van der Waals surface area (Å²) >= 11 is 1.60. The molecule has 3 rings (SSSR count). The Hall–Kier alpha value is -1.40. The zero-order chi connectivity index (χ0) is 14.1. The van der Waals surface area contributed by atoms with E-state index in [2.05, 4.69) is 31.8 Å². The fourth-order valence-corrected chi connectivity index (χ4v) is 2.86. The topological polar surface area (TPSA) is 57.7 Å². The summed E-state index contributed by atoms with van der Waals surface area (Å²) in [6.45, 7) is 6.89.